The lowest BCUT2D eigenvalue weighted by molar-refractivity contribution is -0.142. The van der Waals surface area contributed by atoms with Crippen LogP contribution in [-0.4, -0.2) is 39.2 Å². The Morgan fingerprint density at radius 2 is 1.36 bits per heavy atom. The Morgan fingerprint density at radius 3 is 1.88 bits per heavy atom. The number of hydrogen-bond donors (Lipinski definition) is 2. The molecule has 0 saturated heterocycles. The molecule has 2 aromatic rings. The fourth-order valence-corrected chi connectivity index (χ4v) is 5.10. The molecule has 0 atom stereocenters. The Kier molecular flexibility index (Phi) is 8.51. The number of sulfonamides is 1. The van der Waals surface area contributed by atoms with Crippen molar-refractivity contribution in [2.24, 2.45) is 0 Å². The van der Waals surface area contributed by atoms with Crippen LogP contribution in [0.25, 0.3) is 0 Å². The zero-order valence-corrected chi connectivity index (χ0v) is 20.6. The SMILES string of the molecule is CC(=O)Nc1ccc(C(=O)COC(=O)CCNS(=O)(=O)c2c(C)c(C)c(C)c(C)c2C)cc1. The highest BCUT2D eigenvalue weighted by atomic mass is 32.2. The van der Waals surface area contributed by atoms with E-state index in [4.69, 9.17) is 4.74 Å². The number of Topliss-reactive ketones (excluding diaryl/α,β-unsaturated/α-hetero) is 1. The third-order valence-electron chi connectivity index (χ3n) is 5.71. The normalized spacial score (nSPS) is 11.2. The third-order valence-corrected chi connectivity index (χ3v) is 7.45. The van der Waals surface area contributed by atoms with Gasteiger partial charge in [-0.2, -0.15) is 0 Å². The number of carbonyl (C=O) groups excluding carboxylic acids is 3. The number of nitrogens with one attached hydrogen (secondary N) is 2. The molecule has 0 fully saturated rings. The first kappa shape index (κ1) is 26.2. The minimum Gasteiger partial charge on any atom is -0.457 e. The molecule has 0 saturated carbocycles. The highest BCUT2D eigenvalue weighted by Gasteiger charge is 2.23. The number of amides is 1. The summed E-state index contributed by atoms with van der Waals surface area (Å²) >= 11 is 0. The molecule has 0 unspecified atom stereocenters. The molecule has 0 aliphatic rings. The van der Waals surface area contributed by atoms with Crippen molar-refractivity contribution >= 4 is 33.4 Å². The maximum atomic E-state index is 12.9. The maximum Gasteiger partial charge on any atom is 0.307 e. The first-order valence-corrected chi connectivity index (χ1v) is 12.0. The van der Waals surface area contributed by atoms with Crippen LogP contribution in [0.1, 0.15) is 51.5 Å². The van der Waals surface area contributed by atoms with Gasteiger partial charge in [0.25, 0.3) is 0 Å². The van der Waals surface area contributed by atoms with Crippen LogP contribution in [0.4, 0.5) is 5.69 Å². The van der Waals surface area contributed by atoms with E-state index in [0.29, 0.717) is 22.4 Å². The van der Waals surface area contributed by atoms with Gasteiger partial charge >= 0.3 is 5.97 Å². The van der Waals surface area contributed by atoms with Gasteiger partial charge in [-0.15, -0.1) is 0 Å². The number of rotatable bonds is 9. The number of benzene rings is 2. The molecule has 0 spiro atoms. The largest absolute Gasteiger partial charge is 0.457 e. The monoisotopic (exact) mass is 474 g/mol. The van der Waals surface area contributed by atoms with Crippen molar-refractivity contribution in [1.82, 2.24) is 4.72 Å². The first-order chi connectivity index (χ1) is 15.3. The topological polar surface area (TPSA) is 119 Å². The molecule has 0 bridgehead atoms. The Morgan fingerprint density at radius 1 is 0.848 bits per heavy atom. The number of esters is 1. The Balaban J connectivity index is 1.92. The second-order valence-electron chi connectivity index (χ2n) is 7.94. The van der Waals surface area contributed by atoms with Crippen LogP contribution >= 0.6 is 0 Å². The van der Waals surface area contributed by atoms with E-state index in [1.807, 2.05) is 20.8 Å². The van der Waals surface area contributed by atoms with Gasteiger partial charge < -0.3 is 10.1 Å². The van der Waals surface area contributed by atoms with Crippen molar-refractivity contribution in [3.63, 3.8) is 0 Å². The van der Waals surface area contributed by atoms with E-state index >= 15 is 0 Å². The minimum atomic E-state index is -3.82. The van der Waals surface area contributed by atoms with Gasteiger partial charge in [-0.25, -0.2) is 13.1 Å². The van der Waals surface area contributed by atoms with Gasteiger partial charge in [-0.3, -0.25) is 14.4 Å². The average Bonchev–Trinajstić information content (AvgIpc) is 2.74. The second-order valence-corrected chi connectivity index (χ2v) is 9.65. The molecule has 1 amide bonds. The number of carbonyl (C=O) groups is 3. The fraction of sp³-hybridized carbons (Fsp3) is 0.375. The summed E-state index contributed by atoms with van der Waals surface area (Å²) in [6.07, 6.45) is -0.212. The minimum absolute atomic E-state index is 0.147. The van der Waals surface area contributed by atoms with Gasteiger partial charge in [0.1, 0.15) is 0 Å². The van der Waals surface area contributed by atoms with E-state index in [-0.39, 0.29) is 23.8 Å². The molecule has 0 heterocycles. The van der Waals surface area contributed by atoms with E-state index < -0.39 is 28.4 Å². The van der Waals surface area contributed by atoms with Crippen LogP contribution in [0.3, 0.4) is 0 Å². The zero-order valence-electron chi connectivity index (χ0n) is 19.8. The van der Waals surface area contributed by atoms with E-state index in [9.17, 15) is 22.8 Å². The molecule has 2 aromatic carbocycles. The van der Waals surface area contributed by atoms with Gasteiger partial charge in [0.05, 0.1) is 11.3 Å². The van der Waals surface area contributed by atoms with Crippen molar-refractivity contribution in [3.8, 4) is 0 Å². The summed E-state index contributed by atoms with van der Waals surface area (Å²) in [6.45, 7) is 10.0. The summed E-state index contributed by atoms with van der Waals surface area (Å²) in [4.78, 5) is 35.5. The summed E-state index contributed by atoms with van der Waals surface area (Å²) in [5.41, 5.74) is 5.13. The summed E-state index contributed by atoms with van der Waals surface area (Å²) < 4.78 is 33.2. The summed E-state index contributed by atoms with van der Waals surface area (Å²) in [5, 5.41) is 2.59. The van der Waals surface area contributed by atoms with Crippen LogP contribution < -0.4 is 10.0 Å². The molecule has 0 aliphatic carbocycles. The number of ether oxygens (including phenoxy) is 1. The van der Waals surface area contributed by atoms with Gasteiger partial charge in [0.2, 0.25) is 15.9 Å². The molecular formula is C24H30N2O6S. The summed E-state index contributed by atoms with van der Waals surface area (Å²) in [5.74, 6) is -1.32. The van der Waals surface area contributed by atoms with Crippen LogP contribution in [0.5, 0.6) is 0 Å². The smallest absolute Gasteiger partial charge is 0.307 e. The molecule has 8 nitrogen and oxygen atoms in total. The molecular weight excluding hydrogens is 444 g/mol. The maximum absolute atomic E-state index is 12.9. The van der Waals surface area contributed by atoms with Crippen LogP contribution in [0, 0.1) is 34.6 Å². The number of anilines is 1. The third kappa shape index (κ3) is 6.49. The van der Waals surface area contributed by atoms with Crippen molar-refractivity contribution in [3.05, 3.63) is 57.6 Å². The van der Waals surface area contributed by atoms with E-state index in [0.717, 1.165) is 16.7 Å². The lowest BCUT2D eigenvalue weighted by Gasteiger charge is -2.19. The fourth-order valence-electron chi connectivity index (χ4n) is 3.47. The van der Waals surface area contributed by atoms with Crippen LogP contribution in [0.2, 0.25) is 0 Å². The van der Waals surface area contributed by atoms with Crippen molar-refractivity contribution in [2.45, 2.75) is 52.9 Å². The van der Waals surface area contributed by atoms with E-state index in [1.165, 1.54) is 19.1 Å². The second kappa shape index (κ2) is 10.7. The van der Waals surface area contributed by atoms with Crippen molar-refractivity contribution in [2.75, 3.05) is 18.5 Å². The number of hydrogen-bond acceptors (Lipinski definition) is 6. The number of ketones is 1. The van der Waals surface area contributed by atoms with E-state index in [2.05, 4.69) is 10.0 Å². The molecule has 0 aromatic heterocycles. The first-order valence-electron chi connectivity index (χ1n) is 10.5. The standard InChI is InChI=1S/C24H30N2O6S/c1-14-15(2)17(4)24(18(5)16(14)3)33(30,31)25-12-11-23(29)32-13-22(28)20-7-9-21(10-8-20)26-19(6)27/h7-10,25H,11-13H2,1-6H3,(H,26,27). The van der Waals surface area contributed by atoms with Gasteiger partial charge in [-0.1, -0.05) is 0 Å². The Bertz CT molecular complexity index is 1160. The predicted octanol–water partition coefficient (Wildman–Crippen LogP) is 3.28. The molecule has 0 aliphatic heterocycles. The molecule has 0 radical (unpaired) electrons. The summed E-state index contributed by atoms with van der Waals surface area (Å²) in [7, 11) is -3.82. The van der Waals surface area contributed by atoms with Crippen LogP contribution in [0.15, 0.2) is 29.2 Å². The molecule has 178 valence electrons. The molecule has 9 heteroatoms. The molecule has 2 N–H and O–H groups in total. The quantitative estimate of drug-likeness (QED) is 0.425. The highest BCUT2D eigenvalue weighted by molar-refractivity contribution is 7.89. The molecule has 2 rings (SSSR count). The summed E-state index contributed by atoms with van der Waals surface area (Å²) in [6, 6.07) is 6.19. The van der Waals surface area contributed by atoms with Crippen LogP contribution in [-0.2, 0) is 24.3 Å². The van der Waals surface area contributed by atoms with E-state index in [1.54, 1.807) is 26.0 Å². The zero-order chi connectivity index (χ0) is 24.9. The van der Waals surface area contributed by atoms with Gasteiger partial charge in [0.15, 0.2) is 12.4 Å². The lowest BCUT2D eigenvalue weighted by atomic mass is 9.95. The average molecular weight is 475 g/mol. The molecule has 33 heavy (non-hydrogen) atoms. The highest BCUT2D eigenvalue weighted by Crippen LogP contribution is 2.29. The predicted molar refractivity (Wildman–Crippen MR) is 126 cm³/mol. The van der Waals surface area contributed by atoms with Gasteiger partial charge in [-0.05, 0) is 86.7 Å². The van der Waals surface area contributed by atoms with Crippen molar-refractivity contribution < 1.29 is 27.5 Å². The Labute approximate surface area is 194 Å². The lowest BCUT2D eigenvalue weighted by Crippen LogP contribution is -2.29. The Hall–Kier alpha value is -3.04. The van der Waals surface area contributed by atoms with Crippen molar-refractivity contribution in [1.29, 1.82) is 0 Å². The van der Waals surface area contributed by atoms with Gasteiger partial charge in [0, 0.05) is 24.7 Å².